The van der Waals surface area contributed by atoms with Crippen LogP contribution in [0.4, 0.5) is 5.69 Å². The monoisotopic (exact) mass is 405 g/mol. The first-order valence-electron chi connectivity index (χ1n) is 7.53. The van der Waals surface area contributed by atoms with Gasteiger partial charge < -0.3 is 19.5 Å². The minimum Gasteiger partial charge on any atom is -0.493 e. The second kappa shape index (κ2) is 8.58. The molecule has 132 valence electrons. The third kappa shape index (κ3) is 4.76. The molecule has 0 aliphatic heterocycles. The fourth-order valence-electron chi connectivity index (χ4n) is 2.27. The second-order valence-electron chi connectivity index (χ2n) is 5.26. The van der Waals surface area contributed by atoms with Crippen LogP contribution < -0.4 is 19.5 Å². The van der Waals surface area contributed by atoms with E-state index in [0.717, 1.165) is 15.6 Å². The highest BCUT2D eigenvalue weighted by molar-refractivity contribution is 9.10. The van der Waals surface area contributed by atoms with Gasteiger partial charge in [-0.15, -0.1) is 0 Å². The Balaban J connectivity index is 2.19. The van der Waals surface area contributed by atoms with E-state index in [0.29, 0.717) is 22.9 Å². The number of ether oxygens (including phenoxy) is 3. The van der Waals surface area contributed by atoms with E-state index in [4.69, 9.17) is 14.2 Å². The molecule has 2 aromatic carbocycles. The zero-order chi connectivity index (χ0) is 18.4. The van der Waals surface area contributed by atoms with Crippen molar-refractivity contribution in [1.29, 1.82) is 0 Å². The number of hydrogen-bond acceptors (Lipinski definition) is 4. The van der Waals surface area contributed by atoms with Gasteiger partial charge in [0, 0.05) is 10.5 Å². The van der Waals surface area contributed by atoms with Gasteiger partial charge in [-0.1, -0.05) is 6.07 Å². The summed E-state index contributed by atoms with van der Waals surface area (Å²) in [5.74, 6) is 1.33. The summed E-state index contributed by atoms with van der Waals surface area (Å²) in [4.78, 5) is 12.1. The molecule has 1 N–H and O–H groups in total. The molecular formula is C19H20BrNO4. The maximum absolute atomic E-state index is 12.1. The van der Waals surface area contributed by atoms with Gasteiger partial charge in [-0.2, -0.15) is 0 Å². The average Bonchev–Trinajstić information content (AvgIpc) is 2.61. The number of rotatable bonds is 6. The maximum Gasteiger partial charge on any atom is 0.248 e. The number of hydrogen-bond donors (Lipinski definition) is 1. The van der Waals surface area contributed by atoms with Crippen molar-refractivity contribution in [3.8, 4) is 17.2 Å². The lowest BCUT2D eigenvalue weighted by Gasteiger charge is -2.12. The largest absolute Gasteiger partial charge is 0.493 e. The summed E-state index contributed by atoms with van der Waals surface area (Å²) in [6.45, 7) is 1.99. The molecule has 5 nitrogen and oxygen atoms in total. The fourth-order valence-corrected chi connectivity index (χ4v) is 2.86. The highest BCUT2D eigenvalue weighted by Crippen LogP contribution is 2.38. The van der Waals surface area contributed by atoms with Crippen molar-refractivity contribution < 1.29 is 19.0 Å². The standard InChI is InChI=1S/C19H20BrNO4/c1-12-5-7-15(14(20)9-12)21-18(22)8-6-13-10-16(23-2)19(25-4)17(11-13)24-3/h5-11H,1-4H3,(H,21,22). The molecule has 6 heteroatoms. The minimum atomic E-state index is -0.238. The van der Waals surface area contributed by atoms with E-state index in [1.54, 1.807) is 39.5 Å². The molecule has 0 radical (unpaired) electrons. The molecule has 25 heavy (non-hydrogen) atoms. The van der Waals surface area contributed by atoms with Crippen molar-refractivity contribution in [2.45, 2.75) is 6.92 Å². The van der Waals surface area contributed by atoms with Crippen LogP contribution in [0, 0.1) is 6.92 Å². The van der Waals surface area contributed by atoms with Crippen LogP contribution in [-0.2, 0) is 4.79 Å². The summed E-state index contributed by atoms with van der Waals surface area (Å²) in [6, 6.07) is 9.27. The van der Waals surface area contributed by atoms with Crippen LogP contribution in [0.3, 0.4) is 0 Å². The van der Waals surface area contributed by atoms with Gasteiger partial charge in [0.2, 0.25) is 11.7 Å². The molecule has 0 bridgehead atoms. The summed E-state index contributed by atoms with van der Waals surface area (Å²) in [5.41, 5.74) is 2.58. The Morgan fingerprint density at radius 2 is 1.68 bits per heavy atom. The smallest absolute Gasteiger partial charge is 0.248 e. The lowest BCUT2D eigenvalue weighted by atomic mass is 10.1. The van der Waals surface area contributed by atoms with E-state index in [-0.39, 0.29) is 5.91 Å². The van der Waals surface area contributed by atoms with Gasteiger partial charge in [0.1, 0.15) is 0 Å². The number of amides is 1. The van der Waals surface area contributed by atoms with Crippen molar-refractivity contribution in [3.63, 3.8) is 0 Å². The predicted octanol–water partition coefficient (Wildman–Crippen LogP) is 4.44. The predicted molar refractivity (Wildman–Crippen MR) is 103 cm³/mol. The molecule has 0 aliphatic carbocycles. The molecule has 0 aliphatic rings. The number of anilines is 1. The quantitative estimate of drug-likeness (QED) is 0.721. The first kappa shape index (κ1) is 18.9. The Labute approximate surface area is 155 Å². The molecule has 2 rings (SSSR count). The van der Waals surface area contributed by atoms with Gasteiger partial charge in [0.15, 0.2) is 11.5 Å². The van der Waals surface area contributed by atoms with Crippen LogP contribution >= 0.6 is 15.9 Å². The number of benzene rings is 2. The molecule has 0 aromatic heterocycles. The van der Waals surface area contributed by atoms with E-state index in [9.17, 15) is 4.79 Å². The van der Waals surface area contributed by atoms with Gasteiger partial charge in [0.25, 0.3) is 0 Å². The molecule has 0 unspecified atom stereocenters. The molecular weight excluding hydrogens is 386 g/mol. The lowest BCUT2D eigenvalue weighted by molar-refractivity contribution is -0.111. The highest BCUT2D eigenvalue weighted by Gasteiger charge is 2.12. The van der Waals surface area contributed by atoms with Crippen molar-refractivity contribution in [2.24, 2.45) is 0 Å². The Kier molecular flexibility index (Phi) is 6.47. The van der Waals surface area contributed by atoms with Crippen molar-refractivity contribution >= 4 is 33.6 Å². The number of halogens is 1. The molecule has 2 aromatic rings. The zero-order valence-electron chi connectivity index (χ0n) is 14.6. The van der Waals surface area contributed by atoms with E-state index in [1.165, 1.54) is 6.08 Å². The van der Waals surface area contributed by atoms with Crippen LogP contribution in [0.1, 0.15) is 11.1 Å². The minimum absolute atomic E-state index is 0.238. The van der Waals surface area contributed by atoms with Gasteiger partial charge in [-0.25, -0.2) is 0 Å². The molecule has 0 heterocycles. The van der Waals surface area contributed by atoms with Crippen LogP contribution in [0.15, 0.2) is 40.9 Å². The summed E-state index contributed by atoms with van der Waals surface area (Å²) in [7, 11) is 4.64. The molecule has 0 atom stereocenters. The van der Waals surface area contributed by atoms with Gasteiger partial charge in [-0.3, -0.25) is 4.79 Å². The molecule has 1 amide bonds. The first-order chi connectivity index (χ1) is 12.0. The SMILES string of the molecule is COc1cc(C=CC(=O)Nc2ccc(C)cc2Br)cc(OC)c1OC. The van der Waals surface area contributed by atoms with Gasteiger partial charge in [-0.05, 0) is 64.3 Å². The van der Waals surface area contributed by atoms with Gasteiger partial charge in [0.05, 0.1) is 27.0 Å². The van der Waals surface area contributed by atoms with E-state index >= 15 is 0 Å². The first-order valence-corrected chi connectivity index (χ1v) is 8.33. The Hall–Kier alpha value is -2.47. The zero-order valence-corrected chi connectivity index (χ0v) is 16.1. The Bertz CT molecular complexity index is 777. The number of carbonyl (C=O) groups excluding carboxylic acids is 1. The normalized spacial score (nSPS) is 10.6. The highest BCUT2D eigenvalue weighted by atomic mass is 79.9. The van der Waals surface area contributed by atoms with Crippen LogP contribution in [0.25, 0.3) is 6.08 Å². The van der Waals surface area contributed by atoms with Crippen molar-refractivity contribution in [3.05, 3.63) is 52.0 Å². The topological polar surface area (TPSA) is 56.8 Å². The molecule has 0 saturated carbocycles. The van der Waals surface area contributed by atoms with Gasteiger partial charge >= 0.3 is 0 Å². The summed E-state index contributed by atoms with van der Waals surface area (Å²) in [5, 5.41) is 2.83. The maximum atomic E-state index is 12.1. The number of nitrogens with one attached hydrogen (secondary N) is 1. The second-order valence-corrected chi connectivity index (χ2v) is 6.12. The molecule has 0 saturated heterocycles. The van der Waals surface area contributed by atoms with E-state index in [1.807, 2.05) is 25.1 Å². The third-order valence-electron chi connectivity index (χ3n) is 3.50. The Morgan fingerprint density at radius 1 is 1.04 bits per heavy atom. The van der Waals surface area contributed by atoms with Crippen LogP contribution in [-0.4, -0.2) is 27.2 Å². The number of methoxy groups -OCH3 is 3. The number of carbonyl (C=O) groups is 1. The summed E-state index contributed by atoms with van der Waals surface area (Å²) >= 11 is 3.44. The molecule has 0 spiro atoms. The van der Waals surface area contributed by atoms with Crippen molar-refractivity contribution in [2.75, 3.05) is 26.6 Å². The van der Waals surface area contributed by atoms with Crippen molar-refractivity contribution in [1.82, 2.24) is 0 Å². The average molecular weight is 406 g/mol. The van der Waals surface area contributed by atoms with E-state index < -0.39 is 0 Å². The summed E-state index contributed by atoms with van der Waals surface area (Å²) in [6.07, 6.45) is 3.13. The van der Waals surface area contributed by atoms with E-state index in [2.05, 4.69) is 21.2 Å². The Morgan fingerprint density at radius 3 is 2.20 bits per heavy atom. The van der Waals surface area contributed by atoms with Crippen LogP contribution in [0.2, 0.25) is 0 Å². The summed E-state index contributed by atoms with van der Waals surface area (Å²) < 4.78 is 16.7. The third-order valence-corrected chi connectivity index (χ3v) is 4.15. The van der Waals surface area contributed by atoms with Crippen LogP contribution in [0.5, 0.6) is 17.2 Å². The molecule has 0 fully saturated rings. The lowest BCUT2D eigenvalue weighted by Crippen LogP contribution is -2.08. The fraction of sp³-hybridized carbons (Fsp3) is 0.211. The number of aryl methyl sites for hydroxylation is 1.